The van der Waals surface area contributed by atoms with Crippen LogP contribution < -0.4 is 10.1 Å². The maximum absolute atomic E-state index is 12.0. The Morgan fingerprint density at radius 1 is 1.28 bits per heavy atom. The third-order valence-electron chi connectivity index (χ3n) is 3.93. The number of para-hydroxylation sites is 1. The SMILES string of the molecule is CCCCn1c(SCC(=O)NCCOc2ccccc2)nc(C)c1C. The minimum atomic E-state index is 0.00186. The highest BCUT2D eigenvalue weighted by atomic mass is 32.2. The fourth-order valence-electron chi connectivity index (χ4n) is 2.37. The summed E-state index contributed by atoms with van der Waals surface area (Å²) in [6.07, 6.45) is 2.26. The van der Waals surface area contributed by atoms with Gasteiger partial charge in [0.2, 0.25) is 5.91 Å². The predicted octanol–water partition coefficient (Wildman–Crippen LogP) is 3.59. The number of unbranched alkanes of at least 4 members (excludes halogenated alkanes) is 1. The number of benzene rings is 1. The zero-order valence-corrected chi connectivity index (χ0v) is 16.1. The summed E-state index contributed by atoms with van der Waals surface area (Å²) in [4.78, 5) is 16.6. The van der Waals surface area contributed by atoms with Gasteiger partial charge in [-0.05, 0) is 32.4 Å². The van der Waals surface area contributed by atoms with Crippen molar-refractivity contribution in [3.05, 3.63) is 41.7 Å². The number of nitrogens with zero attached hydrogens (tertiary/aromatic N) is 2. The van der Waals surface area contributed by atoms with Crippen LogP contribution in [0.2, 0.25) is 0 Å². The highest BCUT2D eigenvalue weighted by Crippen LogP contribution is 2.21. The summed E-state index contributed by atoms with van der Waals surface area (Å²) in [6, 6.07) is 9.60. The second-order valence-electron chi connectivity index (χ2n) is 5.87. The van der Waals surface area contributed by atoms with Crippen LogP contribution in [0, 0.1) is 13.8 Å². The Labute approximate surface area is 154 Å². The quantitative estimate of drug-likeness (QED) is 0.519. The molecule has 0 unspecified atom stereocenters. The number of thioether (sulfide) groups is 1. The third kappa shape index (κ3) is 6.12. The lowest BCUT2D eigenvalue weighted by atomic mass is 10.3. The third-order valence-corrected chi connectivity index (χ3v) is 4.90. The summed E-state index contributed by atoms with van der Waals surface area (Å²) >= 11 is 1.49. The molecule has 1 amide bonds. The molecule has 5 nitrogen and oxygen atoms in total. The van der Waals surface area contributed by atoms with Crippen molar-refractivity contribution in [1.29, 1.82) is 0 Å². The highest BCUT2D eigenvalue weighted by Gasteiger charge is 2.12. The van der Waals surface area contributed by atoms with Crippen molar-refractivity contribution in [3.63, 3.8) is 0 Å². The van der Waals surface area contributed by atoms with Crippen LogP contribution in [-0.2, 0) is 11.3 Å². The summed E-state index contributed by atoms with van der Waals surface area (Å²) in [6.45, 7) is 8.20. The molecular weight excluding hydrogens is 334 g/mol. The Morgan fingerprint density at radius 3 is 2.76 bits per heavy atom. The molecule has 0 spiro atoms. The van der Waals surface area contributed by atoms with Crippen LogP contribution >= 0.6 is 11.8 Å². The topological polar surface area (TPSA) is 56.2 Å². The van der Waals surface area contributed by atoms with E-state index in [1.54, 1.807) is 0 Å². The monoisotopic (exact) mass is 361 g/mol. The van der Waals surface area contributed by atoms with E-state index in [4.69, 9.17) is 4.74 Å². The number of amides is 1. The lowest BCUT2D eigenvalue weighted by Crippen LogP contribution is -2.29. The molecule has 0 saturated heterocycles. The van der Waals surface area contributed by atoms with E-state index in [-0.39, 0.29) is 5.91 Å². The van der Waals surface area contributed by atoms with Gasteiger partial charge in [-0.1, -0.05) is 43.3 Å². The molecular formula is C19H27N3O2S. The van der Waals surface area contributed by atoms with Gasteiger partial charge in [-0.15, -0.1) is 0 Å². The summed E-state index contributed by atoms with van der Waals surface area (Å²) < 4.78 is 7.78. The molecule has 1 heterocycles. The first-order chi connectivity index (χ1) is 12.1. The van der Waals surface area contributed by atoms with Crippen molar-refractivity contribution in [2.45, 2.75) is 45.3 Å². The predicted molar refractivity (Wildman–Crippen MR) is 102 cm³/mol. The van der Waals surface area contributed by atoms with Crippen LogP contribution in [0.15, 0.2) is 35.5 Å². The van der Waals surface area contributed by atoms with Crippen LogP contribution in [-0.4, -0.2) is 34.4 Å². The summed E-state index contributed by atoms with van der Waals surface area (Å²) in [7, 11) is 0. The van der Waals surface area contributed by atoms with Crippen LogP contribution in [0.1, 0.15) is 31.2 Å². The molecule has 0 saturated carbocycles. The Bertz CT molecular complexity index is 671. The van der Waals surface area contributed by atoms with Gasteiger partial charge in [0.05, 0.1) is 18.0 Å². The second-order valence-corrected chi connectivity index (χ2v) is 6.81. The molecule has 0 aliphatic heterocycles. The van der Waals surface area contributed by atoms with E-state index < -0.39 is 0 Å². The average molecular weight is 362 g/mol. The Kier molecular flexibility index (Phi) is 7.85. The van der Waals surface area contributed by atoms with Gasteiger partial charge in [-0.25, -0.2) is 4.98 Å². The molecule has 25 heavy (non-hydrogen) atoms. The lowest BCUT2D eigenvalue weighted by molar-refractivity contribution is -0.118. The smallest absolute Gasteiger partial charge is 0.230 e. The summed E-state index contributed by atoms with van der Waals surface area (Å²) in [5.74, 6) is 1.19. The van der Waals surface area contributed by atoms with E-state index in [2.05, 4.69) is 28.7 Å². The van der Waals surface area contributed by atoms with E-state index in [1.807, 2.05) is 37.3 Å². The number of rotatable bonds is 10. The van der Waals surface area contributed by atoms with Crippen LogP contribution in [0.25, 0.3) is 0 Å². The van der Waals surface area contributed by atoms with Gasteiger partial charge in [0.1, 0.15) is 12.4 Å². The largest absolute Gasteiger partial charge is 0.492 e. The zero-order valence-electron chi connectivity index (χ0n) is 15.2. The number of carbonyl (C=O) groups is 1. The molecule has 0 fully saturated rings. The molecule has 2 aromatic rings. The minimum Gasteiger partial charge on any atom is -0.492 e. The Morgan fingerprint density at radius 2 is 2.04 bits per heavy atom. The van der Waals surface area contributed by atoms with Crippen LogP contribution in [0.5, 0.6) is 5.75 Å². The maximum atomic E-state index is 12.0. The fourth-order valence-corrected chi connectivity index (χ4v) is 3.32. The number of hydrogen-bond acceptors (Lipinski definition) is 4. The van der Waals surface area contributed by atoms with E-state index in [9.17, 15) is 4.79 Å². The van der Waals surface area contributed by atoms with E-state index in [1.165, 1.54) is 17.5 Å². The molecule has 0 aliphatic carbocycles. The number of hydrogen-bond donors (Lipinski definition) is 1. The van der Waals surface area contributed by atoms with Crippen molar-refractivity contribution < 1.29 is 9.53 Å². The molecule has 0 atom stereocenters. The Balaban J connectivity index is 1.73. The first-order valence-electron chi connectivity index (χ1n) is 8.73. The summed E-state index contributed by atoms with van der Waals surface area (Å²) in [5, 5.41) is 3.82. The number of aromatic nitrogens is 2. The first kappa shape index (κ1) is 19.4. The molecule has 0 aliphatic rings. The number of ether oxygens (including phenoxy) is 1. The zero-order chi connectivity index (χ0) is 18.1. The van der Waals surface area contributed by atoms with Crippen LogP contribution in [0.3, 0.4) is 0 Å². The van der Waals surface area contributed by atoms with Gasteiger partial charge < -0.3 is 14.6 Å². The van der Waals surface area contributed by atoms with E-state index in [0.29, 0.717) is 18.9 Å². The minimum absolute atomic E-state index is 0.00186. The second kappa shape index (κ2) is 10.1. The molecule has 6 heteroatoms. The lowest BCUT2D eigenvalue weighted by Gasteiger charge is -2.10. The number of imidazole rings is 1. The van der Waals surface area contributed by atoms with Crippen molar-refractivity contribution in [1.82, 2.24) is 14.9 Å². The van der Waals surface area contributed by atoms with Gasteiger partial charge in [0.15, 0.2) is 5.16 Å². The van der Waals surface area contributed by atoms with Gasteiger partial charge in [-0.2, -0.15) is 0 Å². The van der Waals surface area contributed by atoms with Gasteiger partial charge >= 0.3 is 0 Å². The van der Waals surface area contributed by atoms with Gasteiger partial charge in [0.25, 0.3) is 0 Å². The Hall–Kier alpha value is -1.95. The van der Waals surface area contributed by atoms with Crippen molar-refractivity contribution >= 4 is 17.7 Å². The summed E-state index contributed by atoms with van der Waals surface area (Å²) in [5.41, 5.74) is 2.22. The van der Waals surface area contributed by atoms with Crippen molar-refractivity contribution in [3.8, 4) is 5.75 Å². The number of nitrogens with one attached hydrogen (secondary N) is 1. The standard InChI is InChI=1S/C19H27N3O2S/c1-4-5-12-22-16(3)15(2)21-19(22)25-14-18(23)20-11-13-24-17-9-7-6-8-10-17/h6-10H,4-5,11-14H2,1-3H3,(H,20,23). The number of aryl methyl sites for hydroxylation is 1. The van der Waals surface area contributed by atoms with Crippen molar-refractivity contribution in [2.75, 3.05) is 18.9 Å². The van der Waals surface area contributed by atoms with Crippen LogP contribution in [0.4, 0.5) is 0 Å². The number of carbonyl (C=O) groups excluding carboxylic acids is 1. The maximum Gasteiger partial charge on any atom is 0.230 e. The molecule has 1 aromatic heterocycles. The molecule has 136 valence electrons. The normalized spacial score (nSPS) is 10.7. The van der Waals surface area contributed by atoms with E-state index >= 15 is 0 Å². The fraction of sp³-hybridized carbons (Fsp3) is 0.474. The van der Waals surface area contributed by atoms with Gasteiger partial charge in [-0.3, -0.25) is 4.79 Å². The van der Waals surface area contributed by atoms with E-state index in [0.717, 1.165) is 36.0 Å². The molecule has 0 bridgehead atoms. The molecule has 2 rings (SSSR count). The van der Waals surface area contributed by atoms with Gasteiger partial charge in [0, 0.05) is 12.2 Å². The molecule has 1 N–H and O–H groups in total. The molecule has 0 radical (unpaired) electrons. The van der Waals surface area contributed by atoms with Crippen molar-refractivity contribution in [2.24, 2.45) is 0 Å². The average Bonchev–Trinajstić information content (AvgIpc) is 2.90. The highest BCUT2D eigenvalue weighted by molar-refractivity contribution is 7.99. The first-order valence-corrected chi connectivity index (χ1v) is 9.71. The molecule has 1 aromatic carbocycles.